The first-order valence-electron chi connectivity index (χ1n) is 7.25. The van der Waals surface area contributed by atoms with E-state index in [4.69, 9.17) is 10.5 Å². The molecule has 0 spiro atoms. The first-order chi connectivity index (χ1) is 10.0. The van der Waals surface area contributed by atoms with Gasteiger partial charge in [-0.3, -0.25) is 9.59 Å². The summed E-state index contributed by atoms with van der Waals surface area (Å²) in [5, 5.41) is 0. The molecule has 1 saturated heterocycles. The summed E-state index contributed by atoms with van der Waals surface area (Å²) in [5.41, 5.74) is 6.44. The van der Waals surface area contributed by atoms with Crippen molar-refractivity contribution in [1.29, 1.82) is 0 Å². The molecule has 1 aromatic rings. The van der Waals surface area contributed by atoms with Crippen LogP contribution in [0.3, 0.4) is 0 Å². The molecule has 2 atom stereocenters. The van der Waals surface area contributed by atoms with Crippen LogP contribution in [0, 0.1) is 5.92 Å². The molecule has 0 aromatic heterocycles. The molecule has 114 valence electrons. The van der Waals surface area contributed by atoms with E-state index in [0.29, 0.717) is 19.4 Å². The highest BCUT2D eigenvalue weighted by atomic mass is 16.5. The topological polar surface area (TPSA) is 72.6 Å². The molecule has 1 heterocycles. The van der Waals surface area contributed by atoms with Crippen molar-refractivity contribution >= 4 is 11.8 Å². The molecule has 2 rings (SSSR count). The van der Waals surface area contributed by atoms with E-state index >= 15 is 0 Å². The molecule has 0 aliphatic carbocycles. The quantitative estimate of drug-likeness (QED) is 0.889. The Morgan fingerprint density at radius 2 is 2.05 bits per heavy atom. The molecule has 5 heteroatoms. The van der Waals surface area contributed by atoms with Gasteiger partial charge in [-0.2, -0.15) is 0 Å². The molecular formula is C16H22N2O3. The second-order valence-electron chi connectivity index (χ2n) is 5.55. The number of hydrogen-bond donors (Lipinski definition) is 1. The minimum absolute atomic E-state index is 0.00659. The Hall–Kier alpha value is -2.04. The predicted molar refractivity (Wildman–Crippen MR) is 79.8 cm³/mol. The summed E-state index contributed by atoms with van der Waals surface area (Å²) < 4.78 is 5.12. The van der Waals surface area contributed by atoms with Crippen molar-refractivity contribution < 1.29 is 14.3 Å². The van der Waals surface area contributed by atoms with Crippen molar-refractivity contribution in [3.63, 3.8) is 0 Å². The highest BCUT2D eigenvalue weighted by Crippen LogP contribution is 2.22. The molecule has 1 aliphatic rings. The van der Waals surface area contributed by atoms with Gasteiger partial charge in [0.05, 0.1) is 7.11 Å². The zero-order chi connectivity index (χ0) is 15.4. The summed E-state index contributed by atoms with van der Waals surface area (Å²) >= 11 is 0. The van der Waals surface area contributed by atoms with Crippen LogP contribution in [-0.4, -0.2) is 36.4 Å². The van der Waals surface area contributed by atoms with Gasteiger partial charge in [-0.05, 0) is 37.0 Å². The second-order valence-corrected chi connectivity index (χ2v) is 5.55. The van der Waals surface area contributed by atoms with Crippen molar-refractivity contribution in [3.05, 3.63) is 29.8 Å². The maximum atomic E-state index is 12.5. The fourth-order valence-electron chi connectivity index (χ4n) is 2.81. The number of benzene rings is 1. The smallest absolute Gasteiger partial charge is 0.240 e. The third kappa shape index (κ3) is 3.54. The maximum Gasteiger partial charge on any atom is 0.240 e. The van der Waals surface area contributed by atoms with Crippen molar-refractivity contribution in [2.75, 3.05) is 13.7 Å². The zero-order valence-electron chi connectivity index (χ0n) is 12.5. The number of likely N-dealkylation sites (tertiary alicyclic amines) is 1. The highest BCUT2D eigenvalue weighted by Gasteiger charge is 2.34. The lowest BCUT2D eigenvalue weighted by atomic mass is 9.99. The lowest BCUT2D eigenvalue weighted by Gasteiger charge is -2.25. The predicted octanol–water partition coefficient (Wildman–Crippen LogP) is 1.35. The number of carbonyl (C=O) groups is 2. The number of carbonyl (C=O) groups excluding carboxylic acids is 2. The second kappa shape index (κ2) is 6.61. The average molecular weight is 290 g/mol. The molecule has 0 bridgehead atoms. The van der Waals surface area contributed by atoms with Crippen LogP contribution in [0.25, 0.3) is 0 Å². The van der Waals surface area contributed by atoms with E-state index < -0.39 is 11.9 Å². The van der Waals surface area contributed by atoms with Crippen molar-refractivity contribution in [2.45, 2.75) is 32.2 Å². The fourth-order valence-corrected chi connectivity index (χ4v) is 2.81. The highest BCUT2D eigenvalue weighted by molar-refractivity contribution is 5.88. The third-order valence-corrected chi connectivity index (χ3v) is 3.99. The van der Waals surface area contributed by atoms with Crippen LogP contribution in [-0.2, 0) is 16.0 Å². The molecule has 1 fully saturated rings. The molecule has 5 nitrogen and oxygen atoms in total. The van der Waals surface area contributed by atoms with Gasteiger partial charge < -0.3 is 15.4 Å². The van der Waals surface area contributed by atoms with E-state index in [2.05, 4.69) is 0 Å². The maximum absolute atomic E-state index is 12.5. The standard InChI is InChI=1S/C16H22N2O3/c1-11(10-12-5-7-13(21-2)8-6-12)16(20)18-9-3-4-14(18)15(17)19/h5-8,11,14H,3-4,9-10H2,1-2H3,(H2,17,19)/t11-,14-/m0/s1. The summed E-state index contributed by atoms with van der Waals surface area (Å²) in [6.07, 6.45) is 2.16. The summed E-state index contributed by atoms with van der Waals surface area (Å²) in [6.45, 7) is 2.52. The zero-order valence-corrected chi connectivity index (χ0v) is 12.5. The fraction of sp³-hybridized carbons (Fsp3) is 0.500. The molecule has 0 unspecified atom stereocenters. The lowest BCUT2D eigenvalue weighted by Crippen LogP contribution is -2.46. The van der Waals surface area contributed by atoms with Gasteiger partial charge in [0.15, 0.2) is 0 Å². The number of hydrogen-bond acceptors (Lipinski definition) is 3. The summed E-state index contributed by atoms with van der Waals surface area (Å²) in [5.74, 6) is 0.231. The Balaban J connectivity index is 2.00. The van der Waals surface area contributed by atoms with E-state index in [1.807, 2.05) is 31.2 Å². The Morgan fingerprint density at radius 1 is 1.38 bits per heavy atom. The van der Waals surface area contributed by atoms with Crippen molar-refractivity contribution in [2.24, 2.45) is 11.7 Å². The van der Waals surface area contributed by atoms with Crippen LogP contribution in [0.5, 0.6) is 5.75 Å². The number of ether oxygens (including phenoxy) is 1. The van der Waals surface area contributed by atoms with Gasteiger partial charge in [-0.15, -0.1) is 0 Å². The summed E-state index contributed by atoms with van der Waals surface area (Å²) in [7, 11) is 1.62. The van der Waals surface area contributed by atoms with Gasteiger partial charge in [0.2, 0.25) is 11.8 Å². The van der Waals surface area contributed by atoms with Crippen LogP contribution < -0.4 is 10.5 Å². The van der Waals surface area contributed by atoms with E-state index in [1.165, 1.54) is 0 Å². The molecule has 1 aliphatic heterocycles. The minimum atomic E-state index is -0.434. The Bertz CT molecular complexity index is 513. The van der Waals surface area contributed by atoms with Gasteiger partial charge in [0.1, 0.15) is 11.8 Å². The monoisotopic (exact) mass is 290 g/mol. The number of nitrogens with zero attached hydrogens (tertiary/aromatic N) is 1. The number of rotatable bonds is 5. The van der Waals surface area contributed by atoms with E-state index in [-0.39, 0.29) is 11.8 Å². The first-order valence-corrected chi connectivity index (χ1v) is 7.25. The van der Waals surface area contributed by atoms with Gasteiger partial charge in [-0.1, -0.05) is 19.1 Å². The molecule has 0 radical (unpaired) electrons. The Labute approximate surface area is 125 Å². The number of nitrogens with two attached hydrogens (primary N) is 1. The first kappa shape index (κ1) is 15.4. The average Bonchev–Trinajstić information content (AvgIpc) is 2.96. The Kier molecular flexibility index (Phi) is 4.83. The normalized spacial score (nSPS) is 19.3. The molecule has 1 aromatic carbocycles. The van der Waals surface area contributed by atoms with Gasteiger partial charge in [0, 0.05) is 12.5 Å². The van der Waals surface area contributed by atoms with Crippen LogP contribution in [0.15, 0.2) is 24.3 Å². The van der Waals surface area contributed by atoms with E-state index in [9.17, 15) is 9.59 Å². The van der Waals surface area contributed by atoms with E-state index in [1.54, 1.807) is 12.0 Å². The molecule has 0 saturated carbocycles. The van der Waals surface area contributed by atoms with Gasteiger partial charge in [-0.25, -0.2) is 0 Å². The largest absolute Gasteiger partial charge is 0.497 e. The lowest BCUT2D eigenvalue weighted by molar-refractivity contribution is -0.140. The van der Waals surface area contributed by atoms with Crippen LogP contribution in [0.1, 0.15) is 25.3 Å². The number of amides is 2. The van der Waals surface area contributed by atoms with Crippen molar-refractivity contribution in [3.8, 4) is 5.75 Å². The molecular weight excluding hydrogens is 268 g/mol. The van der Waals surface area contributed by atoms with Crippen LogP contribution in [0.4, 0.5) is 0 Å². The van der Waals surface area contributed by atoms with Crippen molar-refractivity contribution in [1.82, 2.24) is 4.90 Å². The number of methoxy groups -OCH3 is 1. The number of primary amides is 1. The summed E-state index contributed by atoms with van der Waals surface area (Å²) in [4.78, 5) is 25.5. The van der Waals surface area contributed by atoms with Gasteiger partial charge >= 0.3 is 0 Å². The summed E-state index contributed by atoms with van der Waals surface area (Å²) in [6, 6.07) is 7.25. The Morgan fingerprint density at radius 3 is 2.62 bits per heavy atom. The minimum Gasteiger partial charge on any atom is -0.497 e. The third-order valence-electron chi connectivity index (χ3n) is 3.99. The SMILES string of the molecule is COc1ccc(C[C@H](C)C(=O)N2CCC[C@H]2C(N)=O)cc1. The van der Waals surface area contributed by atoms with E-state index in [0.717, 1.165) is 17.7 Å². The molecule has 2 N–H and O–H groups in total. The van der Waals surface area contributed by atoms with Crippen LogP contribution >= 0.6 is 0 Å². The van der Waals surface area contributed by atoms with Gasteiger partial charge in [0.25, 0.3) is 0 Å². The molecule has 2 amide bonds. The molecule has 21 heavy (non-hydrogen) atoms. The van der Waals surface area contributed by atoms with Crippen LogP contribution in [0.2, 0.25) is 0 Å².